The summed E-state index contributed by atoms with van der Waals surface area (Å²) in [5.41, 5.74) is 12.0. The van der Waals surface area contributed by atoms with E-state index in [1.165, 1.54) is 6.07 Å². The van der Waals surface area contributed by atoms with Crippen molar-refractivity contribution < 1.29 is 32.7 Å². The Morgan fingerprint density at radius 1 is 1.06 bits per heavy atom. The van der Waals surface area contributed by atoms with Crippen LogP contribution in [0.3, 0.4) is 0 Å². The van der Waals surface area contributed by atoms with Gasteiger partial charge in [0.15, 0.2) is 5.96 Å². The van der Waals surface area contributed by atoms with E-state index in [0.717, 1.165) is 12.0 Å². The van der Waals surface area contributed by atoms with E-state index < -0.39 is 29.9 Å². The van der Waals surface area contributed by atoms with Gasteiger partial charge in [-0.3, -0.25) is 19.4 Å². The number of benzene rings is 1. The molecule has 1 amide bonds. The van der Waals surface area contributed by atoms with E-state index >= 15 is 0 Å². The number of carbonyl (C=O) groups is 3. The largest absolute Gasteiger partial charge is 0.481 e. The molecule has 0 aliphatic carbocycles. The highest BCUT2D eigenvalue weighted by Gasteiger charge is 2.40. The third kappa shape index (κ3) is 11.0. The molecule has 2 fully saturated rings. The zero-order valence-electron chi connectivity index (χ0n) is 27.9. The zero-order valence-corrected chi connectivity index (χ0v) is 27.9. The molecule has 3 heterocycles. The number of halogens is 3. The first-order chi connectivity index (χ1) is 23.8. The molecule has 0 bridgehead atoms. The number of aliphatic carboxylic acids is 1. The molecule has 1 aromatic heterocycles. The molecule has 0 spiro atoms. The van der Waals surface area contributed by atoms with Crippen molar-refractivity contribution in [3.05, 3.63) is 47.3 Å². The molecule has 13 nitrogen and oxygen atoms in total. The van der Waals surface area contributed by atoms with E-state index in [1.54, 1.807) is 21.9 Å². The van der Waals surface area contributed by atoms with Crippen LogP contribution in [0.5, 0.6) is 0 Å². The molecular weight excluding hydrogens is 655 g/mol. The summed E-state index contributed by atoms with van der Waals surface area (Å²) in [5.74, 6) is -3.07. The molecule has 0 saturated carbocycles. The van der Waals surface area contributed by atoms with Crippen LogP contribution in [0.15, 0.2) is 35.3 Å². The van der Waals surface area contributed by atoms with Crippen LogP contribution in [0.1, 0.15) is 74.7 Å². The van der Waals surface area contributed by atoms with Gasteiger partial charge in [-0.05, 0) is 75.0 Å². The number of ketones is 1. The van der Waals surface area contributed by atoms with Gasteiger partial charge in [0.05, 0.1) is 17.6 Å². The van der Waals surface area contributed by atoms with Gasteiger partial charge >= 0.3 is 12.1 Å². The van der Waals surface area contributed by atoms with Gasteiger partial charge < -0.3 is 31.7 Å². The van der Waals surface area contributed by atoms with Crippen LogP contribution in [0, 0.1) is 23.2 Å². The highest BCUT2D eigenvalue weighted by atomic mass is 19.4. The Hall–Kier alpha value is -4.94. The number of nitrogens with zero attached hydrogens (tertiary/aromatic N) is 6. The van der Waals surface area contributed by atoms with E-state index in [1.807, 2.05) is 12.1 Å². The number of rotatable bonds is 17. The van der Waals surface area contributed by atoms with Crippen LogP contribution in [-0.4, -0.2) is 77.5 Å². The molecule has 0 radical (unpaired) electrons. The fourth-order valence-electron chi connectivity index (χ4n) is 6.26. The number of aliphatic imine (C=N–C) groups is 1. The average molecular weight is 700 g/mol. The Kier molecular flexibility index (Phi) is 13.4. The molecule has 2 aliphatic rings. The van der Waals surface area contributed by atoms with Crippen molar-refractivity contribution in [3.63, 3.8) is 0 Å². The molecule has 6 N–H and O–H groups in total. The predicted octanol–water partition coefficient (Wildman–Crippen LogP) is 3.40. The third-order valence-corrected chi connectivity index (χ3v) is 9.20. The number of nitrogens with two attached hydrogens (primary N) is 2. The average Bonchev–Trinajstić information content (AvgIpc) is 3.05. The number of hydrogen-bond donors (Lipinski definition) is 4. The Morgan fingerprint density at radius 2 is 1.76 bits per heavy atom. The number of nitriles is 1. The Bertz CT molecular complexity index is 1550. The summed E-state index contributed by atoms with van der Waals surface area (Å²) in [6.45, 7) is 1.97. The number of nitrogens with one attached hydrogen (secondary N) is 1. The lowest BCUT2D eigenvalue weighted by Crippen LogP contribution is -2.57. The fraction of sp³-hybridized carbons (Fsp3) is 0.559. The van der Waals surface area contributed by atoms with Crippen LogP contribution in [0.25, 0.3) is 0 Å². The molecule has 50 heavy (non-hydrogen) atoms. The predicted molar refractivity (Wildman–Crippen MR) is 180 cm³/mol. The minimum absolute atomic E-state index is 0.0503. The first-order valence-electron chi connectivity index (χ1n) is 16.9. The Morgan fingerprint density at radius 3 is 2.36 bits per heavy atom. The number of piperidine rings is 1. The molecule has 2 aliphatic heterocycles. The van der Waals surface area contributed by atoms with Gasteiger partial charge in [0.1, 0.15) is 23.5 Å². The standard InChI is InChI=1S/C34H44F3N9O4/c35-34(36,37)32-43-28(20-29(44-32)46-18-13-27(46)30(48)41-15-10-23-6-8-24(21-38)9-7-23)45-16-11-22(12-17-45)3-1-5-26(47)19-25(31(49)50)4-2-14-42-33(39)40/h6-9,20,22,25,27H,1-5,10-19H2,(H,41,48)(H,49,50)(H4,39,40,42)/t25-,27+/m1/s1. The van der Waals surface area contributed by atoms with Crippen molar-refractivity contribution in [3.8, 4) is 6.07 Å². The number of aromatic nitrogens is 2. The van der Waals surface area contributed by atoms with Gasteiger partial charge in [-0.1, -0.05) is 12.1 Å². The number of carbonyl (C=O) groups excluding carboxylic acids is 2. The number of alkyl halides is 3. The molecule has 1 aromatic carbocycles. The maximum atomic E-state index is 13.9. The van der Waals surface area contributed by atoms with E-state index in [0.29, 0.717) is 83.2 Å². The molecule has 2 aromatic rings. The second kappa shape index (κ2) is 17.6. The summed E-state index contributed by atoms with van der Waals surface area (Å²) in [6.07, 6.45) is -0.0334. The number of guanidine groups is 1. The van der Waals surface area contributed by atoms with Gasteiger partial charge in [-0.15, -0.1) is 0 Å². The van der Waals surface area contributed by atoms with Gasteiger partial charge in [0.25, 0.3) is 0 Å². The summed E-state index contributed by atoms with van der Waals surface area (Å²) < 4.78 is 41.7. The smallest absolute Gasteiger partial charge is 0.451 e. The third-order valence-electron chi connectivity index (χ3n) is 9.20. The first-order valence-corrected chi connectivity index (χ1v) is 16.9. The van der Waals surface area contributed by atoms with Crippen LogP contribution < -0.4 is 26.6 Å². The van der Waals surface area contributed by atoms with E-state index in [2.05, 4.69) is 26.3 Å². The SMILES string of the molecule is N#Cc1ccc(CCNC(=O)[C@@H]2CCN2c2cc(N3CCC(CCCC(=O)C[C@@H](CCCN=C(N)N)C(=O)O)CC3)nc(C(F)(F)F)n2)cc1. The van der Waals surface area contributed by atoms with Crippen molar-refractivity contribution in [2.24, 2.45) is 28.3 Å². The van der Waals surface area contributed by atoms with Crippen molar-refractivity contribution in [1.29, 1.82) is 5.26 Å². The van der Waals surface area contributed by atoms with Crippen molar-refractivity contribution in [2.45, 2.75) is 76.4 Å². The second-order valence-corrected chi connectivity index (χ2v) is 12.8. The Balaban J connectivity index is 1.27. The van der Waals surface area contributed by atoms with Crippen molar-refractivity contribution in [2.75, 3.05) is 42.5 Å². The lowest BCUT2D eigenvalue weighted by atomic mass is 9.89. The molecule has 2 atom stereocenters. The number of hydrogen-bond acceptors (Lipinski definition) is 9. The van der Waals surface area contributed by atoms with E-state index in [9.17, 15) is 32.7 Å². The maximum Gasteiger partial charge on any atom is 0.451 e. The molecular formula is C34H44F3N9O4. The molecule has 4 rings (SSSR count). The van der Waals surface area contributed by atoms with Crippen LogP contribution in [0.4, 0.5) is 24.8 Å². The maximum absolute atomic E-state index is 13.9. The number of amides is 1. The number of carboxylic acid groups (broad SMARTS) is 1. The first kappa shape index (κ1) is 37.9. The van der Waals surface area contributed by atoms with Gasteiger partial charge in [0, 0.05) is 51.6 Å². The molecule has 0 unspecified atom stereocenters. The zero-order chi connectivity index (χ0) is 36.3. The summed E-state index contributed by atoms with van der Waals surface area (Å²) in [7, 11) is 0. The monoisotopic (exact) mass is 699 g/mol. The van der Waals surface area contributed by atoms with Crippen LogP contribution in [-0.2, 0) is 27.0 Å². The second-order valence-electron chi connectivity index (χ2n) is 12.8. The normalized spacial score (nSPS) is 17.0. The highest BCUT2D eigenvalue weighted by Crippen LogP contribution is 2.35. The van der Waals surface area contributed by atoms with Gasteiger partial charge in [-0.25, -0.2) is 9.97 Å². The summed E-state index contributed by atoms with van der Waals surface area (Å²) in [5, 5.41) is 21.3. The van der Waals surface area contributed by atoms with Crippen molar-refractivity contribution >= 4 is 35.3 Å². The van der Waals surface area contributed by atoms with E-state index in [-0.39, 0.29) is 48.0 Å². The van der Waals surface area contributed by atoms with Crippen LogP contribution in [0.2, 0.25) is 0 Å². The topological polar surface area (TPSA) is 204 Å². The number of carboxylic acids is 1. The lowest BCUT2D eigenvalue weighted by molar-refractivity contribution is -0.145. The van der Waals surface area contributed by atoms with Crippen LogP contribution >= 0.6 is 0 Å². The Labute approximate surface area is 288 Å². The minimum Gasteiger partial charge on any atom is -0.481 e. The lowest BCUT2D eigenvalue weighted by Gasteiger charge is -2.41. The summed E-state index contributed by atoms with van der Waals surface area (Å²) in [4.78, 5) is 51.9. The molecule has 16 heteroatoms. The van der Waals surface area contributed by atoms with Gasteiger partial charge in [-0.2, -0.15) is 18.4 Å². The van der Waals surface area contributed by atoms with Gasteiger partial charge in [0.2, 0.25) is 11.7 Å². The van der Waals surface area contributed by atoms with Crippen molar-refractivity contribution in [1.82, 2.24) is 15.3 Å². The molecule has 2 saturated heterocycles. The van der Waals surface area contributed by atoms with E-state index in [4.69, 9.17) is 16.7 Å². The quantitative estimate of drug-likeness (QED) is 0.107. The fourth-order valence-corrected chi connectivity index (χ4v) is 6.26. The molecule has 270 valence electrons. The minimum atomic E-state index is -4.77. The summed E-state index contributed by atoms with van der Waals surface area (Å²) >= 11 is 0. The highest BCUT2D eigenvalue weighted by molar-refractivity contribution is 5.87. The summed E-state index contributed by atoms with van der Waals surface area (Å²) in [6, 6.07) is 9.94. The number of anilines is 2. The number of Topliss-reactive ketones (excluding diaryl/α,β-unsaturated/α-hetero) is 1.